The van der Waals surface area contributed by atoms with E-state index in [1.807, 2.05) is 61.2 Å². The number of hydrogen-bond donors (Lipinski definition) is 0. The second kappa shape index (κ2) is 9.57. The first-order valence-corrected chi connectivity index (χ1v) is 11.1. The zero-order valence-corrected chi connectivity index (χ0v) is 19.4. The molecule has 166 valence electrons. The van der Waals surface area contributed by atoms with Crippen LogP contribution in [0.15, 0.2) is 48.5 Å². The monoisotopic (exact) mass is 450 g/mol. The lowest BCUT2D eigenvalue weighted by Crippen LogP contribution is -2.50. The second-order valence-electron chi connectivity index (χ2n) is 8.15. The molecule has 7 heteroatoms. The molecule has 3 aromatic rings. The van der Waals surface area contributed by atoms with Crippen molar-refractivity contribution in [1.82, 2.24) is 15.1 Å². The number of rotatable bonds is 5. The predicted octanol–water partition coefficient (Wildman–Crippen LogP) is 4.45. The van der Waals surface area contributed by atoms with Gasteiger partial charge in [0.1, 0.15) is 5.75 Å². The number of aryl methyl sites for hydroxylation is 2. The van der Waals surface area contributed by atoms with E-state index in [1.54, 1.807) is 0 Å². The van der Waals surface area contributed by atoms with Crippen molar-refractivity contribution < 1.29 is 9.53 Å². The number of nitrogens with zero attached hydrogens (tertiary/aromatic N) is 4. The zero-order chi connectivity index (χ0) is 22.7. The van der Waals surface area contributed by atoms with Gasteiger partial charge < -0.3 is 14.5 Å². The van der Waals surface area contributed by atoms with Crippen LogP contribution in [0, 0.1) is 20.8 Å². The van der Waals surface area contributed by atoms with E-state index in [2.05, 4.69) is 28.1 Å². The summed E-state index contributed by atoms with van der Waals surface area (Å²) >= 11 is 5.95. The van der Waals surface area contributed by atoms with E-state index in [9.17, 15) is 4.79 Å². The summed E-state index contributed by atoms with van der Waals surface area (Å²) in [4.78, 5) is 16.7. The molecule has 1 aliphatic heterocycles. The molecule has 0 atom stereocenters. The number of amides is 1. The quantitative estimate of drug-likeness (QED) is 0.574. The third kappa shape index (κ3) is 5.02. The van der Waals surface area contributed by atoms with Crippen LogP contribution in [0.4, 0.5) is 5.82 Å². The van der Waals surface area contributed by atoms with Crippen molar-refractivity contribution in [2.75, 3.05) is 37.7 Å². The molecule has 2 heterocycles. The normalized spacial score (nSPS) is 13.9. The average molecular weight is 451 g/mol. The number of benzene rings is 2. The summed E-state index contributed by atoms with van der Waals surface area (Å²) < 4.78 is 5.85. The van der Waals surface area contributed by atoms with Crippen molar-refractivity contribution in [2.24, 2.45) is 0 Å². The third-order valence-electron chi connectivity index (χ3n) is 5.86. The van der Waals surface area contributed by atoms with Gasteiger partial charge in [0.25, 0.3) is 5.91 Å². The van der Waals surface area contributed by atoms with Crippen LogP contribution in [0.2, 0.25) is 5.02 Å². The molecule has 1 aliphatic rings. The molecule has 0 N–H and O–H groups in total. The molecule has 32 heavy (non-hydrogen) atoms. The number of aromatic nitrogens is 2. The highest BCUT2D eigenvalue weighted by atomic mass is 35.5. The van der Waals surface area contributed by atoms with Crippen molar-refractivity contribution in [2.45, 2.75) is 20.8 Å². The summed E-state index contributed by atoms with van der Waals surface area (Å²) in [5.41, 5.74) is 5.16. The Bertz CT molecular complexity index is 1090. The van der Waals surface area contributed by atoms with Gasteiger partial charge >= 0.3 is 0 Å². The Hall–Kier alpha value is -3.12. The van der Waals surface area contributed by atoms with Crippen LogP contribution in [0.1, 0.15) is 16.7 Å². The highest BCUT2D eigenvalue weighted by Crippen LogP contribution is 2.24. The van der Waals surface area contributed by atoms with E-state index in [-0.39, 0.29) is 12.5 Å². The molecule has 0 saturated carbocycles. The fraction of sp³-hybridized carbons (Fsp3) is 0.320. The maximum absolute atomic E-state index is 12.7. The first kappa shape index (κ1) is 22.1. The summed E-state index contributed by atoms with van der Waals surface area (Å²) in [6, 6.07) is 15.6. The Morgan fingerprint density at radius 1 is 0.969 bits per heavy atom. The van der Waals surface area contributed by atoms with Gasteiger partial charge in [-0.15, -0.1) is 10.2 Å². The Morgan fingerprint density at radius 2 is 1.69 bits per heavy atom. The van der Waals surface area contributed by atoms with E-state index in [0.29, 0.717) is 31.2 Å². The summed E-state index contributed by atoms with van der Waals surface area (Å²) in [6.45, 7) is 8.86. The van der Waals surface area contributed by atoms with Gasteiger partial charge in [-0.3, -0.25) is 4.79 Å². The van der Waals surface area contributed by atoms with Gasteiger partial charge in [-0.25, -0.2) is 0 Å². The average Bonchev–Trinajstić information content (AvgIpc) is 2.81. The van der Waals surface area contributed by atoms with Gasteiger partial charge in [0, 0.05) is 36.8 Å². The van der Waals surface area contributed by atoms with Gasteiger partial charge in [0.15, 0.2) is 12.4 Å². The van der Waals surface area contributed by atoms with E-state index >= 15 is 0 Å². The maximum Gasteiger partial charge on any atom is 0.260 e. The van der Waals surface area contributed by atoms with Crippen LogP contribution in [0.25, 0.3) is 11.3 Å². The number of carbonyl (C=O) groups is 1. The molecule has 0 aliphatic carbocycles. The molecule has 0 bridgehead atoms. The largest absolute Gasteiger partial charge is 0.483 e. The van der Waals surface area contributed by atoms with Crippen LogP contribution in [0.5, 0.6) is 5.75 Å². The number of carbonyl (C=O) groups excluding carboxylic acids is 1. The summed E-state index contributed by atoms with van der Waals surface area (Å²) in [5.74, 6) is 1.61. The topological polar surface area (TPSA) is 58.6 Å². The van der Waals surface area contributed by atoms with Crippen LogP contribution < -0.4 is 9.64 Å². The van der Waals surface area contributed by atoms with Gasteiger partial charge in [0.2, 0.25) is 0 Å². The Morgan fingerprint density at radius 3 is 2.34 bits per heavy atom. The molecule has 1 fully saturated rings. The lowest BCUT2D eigenvalue weighted by molar-refractivity contribution is -0.133. The number of piperazine rings is 1. The van der Waals surface area contributed by atoms with Crippen molar-refractivity contribution >= 4 is 23.3 Å². The molecule has 6 nitrogen and oxygen atoms in total. The Kier molecular flexibility index (Phi) is 6.61. The minimum atomic E-state index is 0.00683. The van der Waals surface area contributed by atoms with Crippen LogP contribution >= 0.6 is 11.6 Å². The lowest BCUT2D eigenvalue weighted by Gasteiger charge is -2.35. The fourth-order valence-electron chi connectivity index (χ4n) is 3.83. The molecule has 1 aromatic heterocycles. The first-order chi connectivity index (χ1) is 15.4. The Labute approximate surface area is 193 Å². The standard InChI is InChI=1S/C25H27ClN4O2/c1-17-14-18(2)19(3)23(15-17)32-16-25(31)30-12-10-29(11-13-30)24-9-8-22(27-28-24)20-4-6-21(26)7-5-20/h4-9,14-15H,10-13,16H2,1-3H3. The molecule has 1 amide bonds. The van der Waals surface area contributed by atoms with Gasteiger partial charge in [-0.2, -0.15) is 0 Å². The Balaban J connectivity index is 1.31. The number of anilines is 1. The van der Waals surface area contributed by atoms with E-state index in [1.165, 1.54) is 5.56 Å². The maximum atomic E-state index is 12.7. The molecule has 2 aromatic carbocycles. The van der Waals surface area contributed by atoms with Gasteiger partial charge in [0.05, 0.1) is 5.69 Å². The summed E-state index contributed by atoms with van der Waals surface area (Å²) in [7, 11) is 0. The highest BCUT2D eigenvalue weighted by molar-refractivity contribution is 6.30. The minimum absolute atomic E-state index is 0.00683. The van der Waals surface area contributed by atoms with Crippen LogP contribution in [-0.4, -0.2) is 53.8 Å². The first-order valence-electron chi connectivity index (χ1n) is 10.7. The summed E-state index contributed by atoms with van der Waals surface area (Å²) in [6.07, 6.45) is 0. The molecule has 0 radical (unpaired) electrons. The number of ether oxygens (including phenoxy) is 1. The van der Waals surface area contributed by atoms with Crippen LogP contribution in [-0.2, 0) is 4.79 Å². The smallest absolute Gasteiger partial charge is 0.260 e. The number of hydrogen-bond acceptors (Lipinski definition) is 5. The molecule has 0 unspecified atom stereocenters. The molecule has 4 rings (SSSR count). The lowest BCUT2D eigenvalue weighted by atomic mass is 10.1. The second-order valence-corrected chi connectivity index (χ2v) is 8.58. The van der Waals surface area contributed by atoms with Crippen molar-refractivity contribution in [3.8, 4) is 17.0 Å². The van der Waals surface area contributed by atoms with Gasteiger partial charge in [-0.1, -0.05) is 29.8 Å². The number of halogens is 1. The minimum Gasteiger partial charge on any atom is -0.483 e. The molecular formula is C25H27ClN4O2. The highest BCUT2D eigenvalue weighted by Gasteiger charge is 2.22. The van der Waals surface area contributed by atoms with E-state index in [4.69, 9.17) is 16.3 Å². The molecule has 0 spiro atoms. The van der Waals surface area contributed by atoms with Crippen LogP contribution in [0.3, 0.4) is 0 Å². The third-order valence-corrected chi connectivity index (χ3v) is 6.11. The summed E-state index contributed by atoms with van der Waals surface area (Å²) in [5, 5.41) is 9.44. The van der Waals surface area contributed by atoms with Crippen molar-refractivity contribution in [1.29, 1.82) is 0 Å². The molecule has 1 saturated heterocycles. The fourth-order valence-corrected chi connectivity index (χ4v) is 3.96. The van der Waals surface area contributed by atoms with E-state index in [0.717, 1.165) is 34.0 Å². The SMILES string of the molecule is Cc1cc(C)c(C)c(OCC(=O)N2CCN(c3ccc(-c4ccc(Cl)cc4)nn3)CC2)c1. The van der Waals surface area contributed by atoms with E-state index < -0.39 is 0 Å². The van der Waals surface area contributed by atoms with Crippen molar-refractivity contribution in [3.05, 3.63) is 70.2 Å². The molecular weight excluding hydrogens is 424 g/mol. The van der Waals surface area contributed by atoms with Crippen molar-refractivity contribution in [3.63, 3.8) is 0 Å². The van der Waals surface area contributed by atoms with Gasteiger partial charge in [-0.05, 0) is 67.8 Å². The zero-order valence-electron chi connectivity index (χ0n) is 18.6. The predicted molar refractivity (Wildman–Crippen MR) is 127 cm³/mol.